The zero-order valence-corrected chi connectivity index (χ0v) is 9.37. The monoisotopic (exact) mass is 330 g/mol. The molecular weight excluding hydrogens is 329 g/mol. The van der Waals surface area contributed by atoms with Crippen LogP contribution in [0.5, 0.6) is 0 Å². The van der Waals surface area contributed by atoms with Crippen molar-refractivity contribution < 1.29 is 14.3 Å². The SMILES string of the molecule is O=C(CI)OC(=O)C(Cl)(Cl)Cl. The molecule has 3 nitrogen and oxygen atoms in total. The topological polar surface area (TPSA) is 43.4 Å². The molecule has 0 fully saturated rings. The Bertz CT molecular complexity index is 176. The molecule has 0 heterocycles. The Morgan fingerprint density at radius 2 is 1.82 bits per heavy atom. The lowest BCUT2D eigenvalue weighted by atomic mass is 10.7. The van der Waals surface area contributed by atoms with E-state index in [9.17, 15) is 9.59 Å². The van der Waals surface area contributed by atoms with Crippen LogP contribution in [0.4, 0.5) is 0 Å². The van der Waals surface area contributed by atoms with E-state index in [2.05, 4.69) is 4.74 Å². The maximum atomic E-state index is 10.6. The average Bonchev–Trinajstić information content (AvgIpc) is 1.85. The average molecular weight is 331 g/mol. The van der Waals surface area contributed by atoms with Crippen LogP contribution < -0.4 is 0 Å². The molecule has 0 aliphatic heterocycles. The predicted molar refractivity (Wildman–Crippen MR) is 50.3 cm³/mol. The number of ether oxygens (including phenoxy) is 1. The van der Waals surface area contributed by atoms with Crippen LogP contribution in [0.3, 0.4) is 0 Å². The molecule has 0 bridgehead atoms. The third-order valence-corrected chi connectivity index (χ3v) is 1.63. The molecule has 0 spiro atoms. The first-order valence-corrected chi connectivity index (χ1v) is 4.91. The minimum absolute atomic E-state index is 0.0320. The van der Waals surface area contributed by atoms with E-state index < -0.39 is 15.7 Å². The van der Waals surface area contributed by atoms with E-state index in [1.165, 1.54) is 0 Å². The van der Waals surface area contributed by atoms with Gasteiger partial charge in [0.1, 0.15) is 0 Å². The molecule has 0 N–H and O–H groups in total. The van der Waals surface area contributed by atoms with Crippen molar-refractivity contribution in [3.63, 3.8) is 0 Å². The van der Waals surface area contributed by atoms with E-state index in [1.807, 2.05) is 0 Å². The third kappa shape index (κ3) is 5.05. The molecule has 0 saturated heterocycles. The summed E-state index contributed by atoms with van der Waals surface area (Å²) in [6.07, 6.45) is 0. The number of rotatable bonds is 1. The van der Waals surface area contributed by atoms with Gasteiger partial charge in [0.2, 0.25) is 0 Å². The van der Waals surface area contributed by atoms with Crippen LogP contribution in [0.25, 0.3) is 0 Å². The lowest BCUT2D eigenvalue weighted by Gasteiger charge is -2.07. The van der Waals surface area contributed by atoms with E-state index in [1.54, 1.807) is 22.6 Å². The number of carbonyl (C=O) groups is 2. The van der Waals surface area contributed by atoms with Crippen molar-refractivity contribution in [2.24, 2.45) is 0 Å². The number of esters is 2. The van der Waals surface area contributed by atoms with Crippen LogP contribution in [-0.4, -0.2) is 20.2 Å². The molecule has 0 saturated carbocycles. The normalized spacial score (nSPS) is 10.9. The van der Waals surface area contributed by atoms with E-state index >= 15 is 0 Å². The van der Waals surface area contributed by atoms with Gasteiger partial charge in [-0.15, -0.1) is 0 Å². The first kappa shape index (κ1) is 11.7. The van der Waals surface area contributed by atoms with Gasteiger partial charge in [-0.1, -0.05) is 57.4 Å². The summed E-state index contributed by atoms with van der Waals surface area (Å²) in [4.78, 5) is 21.0. The molecule has 0 aliphatic rings. The standard InChI is InChI=1S/C4H2Cl3IO3/c5-4(6,7)3(10)11-2(9)1-8/h1H2. The molecule has 0 radical (unpaired) electrons. The van der Waals surface area contributed by atoms with Crippen LogP contribution >= 0.6 is 57.4 Å². The molecule has 0 unspecified atom stereocenters. The van der Waals surface area contributed by atoms with Crippen molar-refractivity contribution in [2.45, 2.75) is 3.79 Å². The van der Waals surface area contributed by atoms with Gasteiger partial charge in [0.05, 0.1) is 4.43 Å². The molecule has 0 aromatic carbocycles. The Morgan fingerprint density at radius 1 is 1.36 bits per heavy atom. The molecule has 11 heavy (non-hydrogen) atoms. The minimum Gasteiger partial charge on any atom is -0.389 e. The summed E-state index contributed by atoms with van der Waals surface area (Å²) in [7, 11) is 0. The van der Waals surface area contributed by atoms with E-state index in [0.29, 0.717) is 0 Å². The molecule has 64 valence electrons. The predicted octanol–water partition coefficient (Wildman–Crippen LogP) is 1.86. The Hall–Kier alpha value is 0.740. The van der Waals surface area contributed by atoms with Gasteiger partial charge in [0.15, 0.2) is 0 Å². The first-order chi connectivity index (χ1) is 4.88. The second-order valence-electron chi connectivity index (χ2n) is 1.39. The van der Waals surface area contributed by atoms with E-state index in [-0.39, 0.29) is 4.43 Å². The lowest BCUT2D eigenvalue weighted by molar-refractivity contribution is -0.156. The van der Waals surface area contributed by atoms with Gasteiger partial charge in [0.25, 0.3) is 3.79 Å². The third-order valence-electron chi connectivity index (χ3n) is 0.547. The van der Waals surface area contributed by atoms with Crippen molar-refractivity contribution in [1.29, 1.82) is 0 Å². The van der Waals surface area contributed by atoms with Crippen LogP contribution in [0, 0.1) is 0 Å². The fraction of sp³-hybridized carbons (Fsp3) is 0.500. The van der Waals surface area contributed by atoms with Gasteiger partial charge in [0, 0.05) is 0 Å². The fourth-order valence-corrected chi connectivity index (χ4v) is 0.460. The smallest absolute Gasteiger partial charge is 0.366 e. The maximum absolute atomic E-state index is 10.6. The molecule has 0 rings (SSSR count). The highest BCUT2D eigenvalue weighted by molar-refractivity contribution is 14.1. The van der Waals surface area contributed by atoms with Crippen molar-refractivity contribution in [2.75, 3.05) is 4.43 Å². The van der Waals surface area contributed by atoms with Crippen LogP contribution in [-0.2, 0) is 14.3 Å². The Labute approximate surface area is 91.4 Å². The van der Waals surface area contributed by atoms with Gasteiger partial charge in [-0.05, 0) is 0 Å². The Kier molecular flexibility index (Phi) is 5.00. The zero-order valence-electron chi connectivity index (χ0n) is 4.94. The highest BCUT2D eigenvalue weighted by atomic mass is 127. The summed E-state index contributed by atoms with van der Waals surface area (Å²) in [6.45, 7) is 0. The van der Waals surface area contributed by atoms with Crippen LogP contribution in [0.1, 0.15) is 0 Å². The number of carbonyl (C=O) groups excluding carboxylic acids is 2. The quantitative estimate of drug-likeness (QED) is 0.319. The first-order valence-electron chi connectivity index (χ1n) is 2.25. The summed E-state index contributed by atoms with van der Waals surface area (Å²) < 4.78 is 1.94. The van der Waals surface area contributed by atoms with Gasteiger partial charge in [-0.25, -0.2) is 4.79 Å². The number of hydrogen-bond donors (Lipinski definition) is 0. The zero-order chi connectivity index (χ0) is 9.07. The molecule has 0 atom stereocenters. The lowest BCUT2D eigenvalue weighted by Crippen LogP contribution is -2.25. The summed E-state index contributed by atoms with van der Waals surface area (Å²) in [5.41, 5.74) is 0. The molecule has 0 aliphatic carbocycles. The molecule has 0 amide bonds. The highest BCUT2D eigenvalue weighted by Crippen LogP contribution is 2.27. The summed E-state index contributed by atoms with van der Waals surface area (Å²) >= 11 is 17.0. The van der Waals surface area contributed by atoms with Gasteiger partial charge < -0.3 is 4.74 Å². The molecule has 7 heteroatoms. The number of halogens is 4. The second-order valence-corrected chi connectivity index (χ2v) is 4.44. The molecule has 0 aromatic heterocycles. The number of hydrogen-bond acceptors (Lipinski definition) is 3. The van der Waals surface area contributed by atoms with E-state index in [0.717, 1.165) is 0 Å². The van der Waals surface area contributed by atoms with Crippen molar-refractivity contribution in [3.05, 3.63) is 0 Å². The molecule has 0 aromatic rings. The Morgan fingerprint density at radius 3 is 2.09 bits per heavy atom. The summed E-state index contributed by atoms with van der Waals surface area (Å²) in [5.74, 6) is -1.91. The highest BCUT2D eigenvalue weighted by Gasteiger charge is 2.34. The largest absolute Gasteiger partial charge is 0.389 e. The van der Waals surface area contributed by atoms with E-state index in [4.69, 9.17) is 34.8 Å². The minimum atomic E-state index is -2.18. The summed E-state index contributed by atoms with van der Waals surface area (Å²) in [6, 6.07) is 0. The van der Waals surface area contributed by atoms with Crippen LogP contribution in [0.2, 0.25) is 0 Å². The van der Waals surface area contributed by atoms with Crippen molar-refractivity contribution in [1.82, 2.24) is 0 Å². The van der Waals surface area contributed by atoms with Gasteiger partial charge in [-0.2, -0.15) is 0 Å². The maximum Gasteiger partial charge on any atom is 0.366 e. The molecular formula is C4H2Cl3IO3. The van der Waals surface area contributed by atoms with Crippen molar-refractivity contribution in [3.8, 4) is 0 Å². The summed E-state index contributed by atoms with van der Waals surface area (Å²) in [5, 5.41) is 0. The van der Waals surface area contributed by atoms with Gasteiger partial charge in [-0.3, -0.25) is 4.79 Å². The second kappa shape index (κ2) is 4.69. The fourth-order valence-electron chi connectivity index (χ4n) is 0.189. The van der Waals surface area contributed by atoms with Gasteiger partial charge >= 0.3 is 11.9 Å². The number of alkyl halides is 4. The van der Waals surface area contributed by atoms with Crippen molar-refractivity contribution >= 4 is 69.3 Å². The van der Waals surface area contributed by atoms with Crippen LogP contribution in [0.15, 0.2) is 0 Å². The Balaban J connectivity index is 3.99.